The van der Waals surface area contributed by atoms with Crippen LogP contribution in [0.3, 0.4) is 0 Å². The fraction of sp³-hybridized carbons (Fsp3) is 0.680. The highest BCUT2D eigenvalue weighted by molar-refractivity contribution is 5.78. The number of benzene rings is 1. The van der Waals surface area contributed by atoms with Crippen LogP contribution in [0.25, 0.3) is 0 Å². The highest BCUT2D eigenvalue weighted by Gasteiger charge is 2.49. The molecule has 0 aromatic heterocycles. The van der Waals surface area contributed by atoms with E-state index in [2.05, 4.69) is 41.0 Å². The molecule has 0 bridgehead atoms. The Labute approximate surface area is 191 Å². The number of piperidine rings is 1. The Morgan fingerprint density at radius 1 is 1.25 bits per heavy atom. The van der Waals surface area contributed by atoms with E-state index in [9.17, 15) is 9.59 Å². The molecule has 176 valence electrons. The normalized spacial score (nSPS) is 31.1. The van der Waals surface area contributed by atoms with Gasteiger partial charge in [0.1, 0.15) is 0 Å². The zero-order valence-corrected chi connectivity index (χ0v) is 19.2. The van der Waals surface area contributed by atoms with Gasteiger partial charge in [-0.1, -0.05) is 30.3 Å². The van der Waals surface area contributed by atoms with Crippen LogP contribution in [0.15, 0.2) is 30.3 Å². The van der Waals surface area contributed by atoms with Crippen molar-refractivity contribution in [2.75, 3.05) is 32.9 Å². The van der Waals surface area contributed by atoms with Gasteiger partial charge in [-0.05, 0) is 56.9 Å². The Hall–Kier alpha value is -2.12. The van der Waals surface area contributed by atoms with Crippen molar-refractivity contribution >= 4 is 11.9 Å². The highest BCUT2D eigenvalue weighted by atomic mass is 16.5. The summed E-state index contributed by atoms with van der Waals surface area (Å²) < 4.78 is 12.3. The van der Waals surface area contributed by atoms with Crippen LogP contribution in [0.4, 0.5) is 4.79 Å². The lowest BCUT2D eigenvalue weighted by molar-refractivity contribution is -0.124. The van der Waals surface area contributed by atoms with E-state index in [4.69, 9.17) is 9.47 Å². The minimum Gasteiger partial charge on any atom is -0.378 e. The lowest BCUT2D eigenvalue weighted by Crippen LogP contribution is -2.70. The van der Waals surface area contributed by atoms with Crippen LogP contribution in [0.5, 0.6) is 0 Å². The Kier molecular flexibility index (Phi) is 7.68. The van der Waals surface area contributed by atoms with Gasteiger partial charge in [-0.15, -0.1) is 0 Å². The van der Waals surface area contributed by atoms with Gasteiger partial charge in [-0.25, -0.2) is 4.79 Å². The molecule has 2 atom stereocenters. The van der Waals surface area contributed by atoms with Gasteiger partial charge in [-0.3, -0.25) is 4.79 Å². The number of likely N-dealkylation sites (tertiary alicyclic amines) is 1. The van der Waals surface area contributed by atoms with Crippen molar-refractivity contribution in [3.05, 3.63) is 35.9 Å². The van der Waals surface area contributed by atoms with E-state index in [1.54, 1.807) is 0 Å². The number of nitrogens with zero attached hydrogens (tertiary/aromatic N) is 1. The highest BCUT2D eigenvalue weighted by Crippen LogP contribution is 2.35. The molecule has 3 aliphatic rings. The van der Waals surface area contributed by atoms with Crippen molar-refractivity contribution in [1.82, 2.24) is 15.5 Å². The Morgan fingerprint density at radius 2 is 2.03 bits per heavy atom. The number of hydrogen-bond donors (Lipinski definition) is 2. The molecule has 2 heterocycles. The van der Waals surface area contributed by atoms with Crippen molar-refractivity contribution in [3.8, 4) is 0 Å². The molecule has 32 heavy (non-hydrogen) atoms. The third-order valence-electron chi connectivity index (χ3n) is 7.28. The molecule has 0 radical (unpaired) electrons. The molecule has 1 aromatic carbocycles. The fourth-order valence-corrected chi connectivity index (χ4v) is 5.56. The summed E-state index contributed by atoms with van der Waals surface area (Å²) in [6, 6.07) is 10.4. The van der Waals surface area contributed by atoms with Gasteiger partial charge in [0.15, 0.2) is 0 Å². The average Bonchev–Trinajstić information content (AvgIpc) is 3.00. The molecule has 2 aliphatic heterocycles. The largest absolute Gasteiger partial charge is 0.378 e. The van der Waals surface area contributed by atoms with Crippen LogP contribution in [-0.2, 0) is 14.3 Å². The minimum absolute atomic E-state index is 0.00591. The Morgan fingerprint density at radius 3 is 2.78 bits per heavy atom. The molecular weight excluding hydrogens is 406 g/mol. The second-order valence-electron chi connectivity index (χ2n) is 9.37. The van der Waals surface area contributed by atoms with Crippen molar-refractivity contribution in [1.29, 1.82) is 0 Å². The smallest absolute Gasteiger partial charge is 0.317 e. The van der Waals surface area contributed by atoms with Gasteiger partial charge < -0.3 is 25.0 Å². The number of hydrogen-bond acceptors (Lipinski definition) is 4. The summed E-state index contributed by atoms with van der Waals surface area (Å²) >= 11 is 0. The number of carbonyl (C=O) groups excluding carboxylic acids is 2. The molecule has 3 amide bonds. The summed E-state index contributed by atoms with van der Waals surface area (Å²) in [5, 5.41) is 6.16. The number of amides is 3. The van der Waals surface area contributed by atoms with Gasteiger partial charge in [-0.2, -0.15) is 0 Å². The van der Waals surface area contributed by atoms with Crippen LogP contribution >= 0.6 is 0 Å². The van der Waals surface area contributed by atoms with Crippen molar-refractivity contribution < 1.29 is 19.1 Å². The third-order valence-corrected chi connectivity index (χ3v) is 7.28. The SMILES string of the molecule is CCNC(=O)N1CCCC2(COCCC(=O)N2)C1COC1CCC(c2ccccc2)CC1. The van der Waals surface area contributed by atoms with Crippen LogP contribution in [0, 0.1) is 0 Å². The van der Waals surface area contributed by atoms with Crippen molar-refractivity contribution in [2.45, 2.75) is 75.5 Å². The number of nitrogens with one attached hydrogen (secondary N) is 2. The molecule has 1 aromatic rings. The molecule has 1 spiro atoms. The quantitative estimate of drug-likeness (QED) is 0.733. The molecule has 2 N–H and O–H groups in total. The van der Waals surface area contributed by atoms with Crippen molar-refractivity contribution in [3.63, 3.8) is 0 Å². The molecule has 3 fully saturated rings. The first-order valence-electron chi connectivity index (χ1n) is 12.2. The van der Waals surface area contributed by atoms with E-state index in [0.717, 1.165) is 38.5 Å². The maximum atomic E-state index is 12.9. The number of ether oxygens (including phenoxy) is 2. The lowest BCUT2D eigenvalue weighted by Gasteiger charge is -2.49. The fourth-order valence-electron chi connectivity index (χ4n) is 5.56. The monoisotopic (exact) mass is 443 g/mol. The van der Waals surface area contributed by atoms with Gasteiger partial charge in [0.2, 0.25) is 5.91 Å². The third kappa shape index (κ3) is 5.26. The number of urea groups is 1. The lowest BCUT2D eigenvalue weighted by atomic mass is 9.81. The molecule has 4 rings (SSSR count). The van der Waals surface area contributed by atoms with E-state index in [0.29, 0.717) is 45.2 Å². The van der Waals surface area contributed by atoms with Gasteiger partial charge in [0.25, 0.3) is 0 Å². The van der Waals surface area contributed by atoms with Crippen LogP contribution in [0.1, 0.15) is 63.4 Å². The molecule has 1 saturated carbocycles. The molecule has 7 heteroatoms. The summed E-state index contributed by atoms with van der Waals surface area (Å²) in [4.78, 5) is 27.1. The molecule has 1 aliphatic carbocycles. The topological polar surface area (TPSA) is 79.9 Å². The van der Waals surface area contributed by atoms with Crippen molar-refractivity contribution in [2.24, 2.45) is 0 Å². The second kappa shape index (κ2) is 10.7. The zero-order valence-electron chi connectivity index (χ0n) is 19.2. The minimum atomic E-state index is -0.585. The Bertz CT molecular complexity index is 766. The van der Waals surface area contributed by atoms with E-state index in [-0.39, 0.29) is 24.1 Å². The van der Waals surface area contributed by atoms with E-state index >= 15 is 0 Å². The Balaban J connectivity index is 1.42. The van der Waals surface area contributed by atoms with Crippen LogP contribution in [-0.4, -0.2) is 67.4 Å². The van der Waals surface area contributed by atoms with Crippen LogP contribution in [0.2, 0.25) is 0 Å². The molecule has 2 unspecified atom stereocenters. The summed E-state index contributed by atoms with van der Waals surface area (Å²) in [5.74, 6) is 0.590. The summed E-state index contributed by atoms with van der Waals surface area (Å²) in [7, 11) is 0. The first-order valence-corrected chi connectivity index (χ1v) is 12.2. The molecule has 7 nitrogen and oxygen atoms in total. The molecule has 2 saturated heterocycles. The predicted octanol–water partition coefficient (Wildman–Crippen LogP) is 3.20. The zero-order chi connectivity index (χ0) is 22.4. The van der Waals surface area contributed by atoms with Crippen LogP contribution < -0.4 is 10.6 Å². The molecular formula is C25H37N3O4. The van der Waals surface area contributed by atoms with Gasteiger partial charge in [0.05, 0.1) is 37.5 Å². The summed E-state index contributed by atoms with van der Waals surface area (Å²) in [6.07, 6.45) is 6.44. The van der Waals surface area contributed by atoms with E-state index in [1.165, 1.54) is 5.56 Å². The second-order valence-corrected chi connectivity index (χ2v) is 9.37. The predicted molar refractivity (Wildman–Crippen MR) is 123 cm³/mol. The first-order chi connectivity index (χ1) is 15.6. The van der Waals surface area contributed by atoms with Gasteiger partial charge >= 0.3 is 6.03 Å². The average molecular weight is 444 g/mol. The van der Waals surface area contributed by atoms with E-state index < -0.39 is 5.54 Å². The number of rotatable bonds is 5. The maximum absolute atomic E-state index is 12.9. The van der Waals surface area contributed by atoms with E-state index in [1.807, 2.05) is 11.8 Å². The maximum Gasteiger partial charge on any atom is 0.317 e. The van der Waals surface area contributed by atoms with Gasteiger partial charge in [0, 0.05) is 19.5 Å². The summed E-state index contributed by atoms with van der Waals surface area (Å²) in [5.41, 5.74) is 0.830. The summed E-state index contributed by atoms with van der Waals surface area (Å²) in [6.45, 7) is 4.42. The first kappa shape index (κ1) is 23.1. The number of carbonyl (C=O) groups is 2. The standard InChI is InChI=1S/C25H37N3O4/c1-2-26-24(30)28-15-6-14-25(18-31-16-13-23(29)27-25)22(28)17-32-21-11-9-20(10-12-21)19-7-4-3-5-8-19/h3-5,7-8,20-22H,2,6,9-18H2,1H3,(H,26,30)(H,27,29).